The molecule has 5 heteroatoms. The van der Waals surface area contributed by atoms with Crippen LogP contribution >= 0.6 is 34.5 Å². The molecular formula is C13H11Cl2NOS. The molecule has 0 atom stereocenters. The van der Waals surface area contributed by atoms with E-state index in [1.807, 2.05) is 18.4 Å². The van der Waals surface area contributed by atoms with Crippen molar-refractivity contribution in [2.45, 2.75) is 13.5 Å². The predicted octanol–water partition coefficient (Wildman–Crippen LogP) is 4.29. The fraction of sp³-hybridized carbons (Fsp3) is 0.154. The van der Waals surface area contributed by atoms with E-state index in [4.69, 9.17) is 23.2 Å². The second-order valence-corrected chi connectivity index (χ2v) is 5.68. The Hall–Kier alpha value is -1.03. The second kappa shape index (κ2) is 5.74. The van der Waals surface area contributed by atoms with Crippen LogP contribution in [0.3, 0.4) is 0 Å². The summed E-state index contributed by atoms with van der Waals surface area (Å²) < 4.78 is 0. The van der Waals surface area contributed by atoms with Gasteiger partial charge in [-0.05, 0) is 42.1 Å². The van der Waals surface area contributed by atoms with Crippen LogP contribution in [0, 0.1) is 6.92 Å². The molecule has 0 aliphatic carbocycles. The highest BCUT2D eigenvalue weighted by molar-refractivity contribution is 7.10. The summed E-state index contributed by atoms with van der Waals surface area (Å²) in [5.74, 6) is -0.190. The molecular weight excluding hydrogens is 289 g/mol. The molecule has 2 rings (SSSR count). The molecule has 1 N–H and O–H groups in total. The maximum Gasteiger partial charge on any atom is 0.253 e. The molecule has 2 aromatic rings. The number of carbonyl (C=O) groups is 1. The van der Waals surface area contributed by atoms with Gasteiger partial charge in [0.2, 0.25) is 0 Å². The lowest BCUT2D eigenvalue weighted by Crippen LogP contribution is -2.22. The number of aryl methyl sites for hydroxylation is 1. The molecule has 0 aliphatic heterocycles. The van der Waals surface area contributed by atoms with Gasteiger partial charge in [0, 0.05) is 9.90 Å². The maximum absolute atomic E-state index is 11.9. The minimum Gasteiger partial charge on any atom is -0.347 e. The third-order valence-electron chi connectivity index (χ3n) is 2.55. The molecule has 94 valence electrons. The first-order valence-corrected chi connectivity index (χ1v) is 6.97. The van der Waals surface area contributed by atoms with Gasteiger partial charge in [0.15, 0.2) is 0 Å². The SMILES string of the molecule is Cc1ccsc1CNC(=O)c1ccc(Cl)cc1Cl. The van der Waals surface area contributed by atoms with Crippen LogP contribution in [0.2, 0.25) is 10.0 Å². The van der Waals surface area contributed by atoms with Crippen molar-refractivity contribution in [1.82, 2.24) is 5.32 Å². The van der Waals surface area contributed by atoms with Crippen molar-refractivity contribution in [1.29, 1.82) is 0 Å². The zero-order valence-corrected chi connectivity index (χ0v) is 12.0. The van der Waals surface area contributed by atoms with Crippen LogP contribution in [0.15, 0.2) is 29.6 Å². The lowest BCUT2D eigenvalue weighted by atomic mass is 10.2. The van der Waals surface area contributed by atoms with Gasteiger partial charge in [-0.3, -0.25) is 4.79 Å². The Morgan fingerprint density at radius 2 is 2.11 bits per heavy atom. The van der Waals surface area contributed by atoms with Gasteiger partial charge in [0.05, 0.1) is 17.1 Å². The van der Waals surface area contributed by atoms with E-state index in [0.29, 0.717) is 22.2 Å². The molecule has 0 saturated heterocycles. The van der Waals surface area contributed by atoms with Crippen LogP contribution in [-0.4, -0.2) is 5.91 Å². The maximum atomic E-state index is 11.9. The van der Waals surface area contributed by atoms with Gasteiger partial charge in [0.25, 0.3) is 5.91 Å². The van der Waals surface area contributed by atoms with Crippen LogP contribution in [0.5, 0.6) is 0 Å². The van der Waals surface area contributed by atoms with Gasteiger partial charge < -0.3 is 5.32 Å². The molecule has 0 bridgehead atoms. The smallest absolute Gasteiger partial charge is 0.253 e. The first kappa shape index (κ1) is 13.4. The predicted molar refractivity (Wildman–Crippen MR) is 76.7 cm³/mol. The Morgan fingerprint density at radius 3 is 2.72 bits per heavy atom. The van der Waals surface area contributed by atoms with Gasteiger partial charge in [-0.1, -0.05) is 23.2 Å². The second-order valence-electron chi connectivity index (χ2n) is 3.83. The molecule has 1 aromatic carbocycles. The minimum absolute atomic E-state index is 0.190. The van der Waals surface area contributed by atoms with Crippen LogP contribution < -0.4 is 5.32 Å². The summed E-state index contributed by atoms with van der Waals surface area (Å²) in [6, 6.07) is 6.87. The number of nitrogens with one attached hydrogen (secondary N) is 1. The molecule has 0 radical (unpaired) electrons. The van der Waals surface area contributed by atoms with E-state index in [0.717, 1.165) is 4.88 Å². The fourth-order valence-electron chi connectivity index (χ4n) is 1.51. The number of carbonyl (C=O) groups excluding carboxylic acids is 1. The van der Waals surface area contributed by atoms with Crippen molar-refractivity contribution in [2.75, 3.05) is 0 Å². The van der Waals surface area contributed by atoms with E-state index in [9.17, 15) is 4.79 Å². The highest BCUT2D eigenvalue weighted by Crippen LogP contribution is 2.21. The van der Waals surface area contributed by atoms with Crippen molar-refractivity contribution in [3.05, 3.63) is 55.7 Å². The Labute approximate surface area is 120 Å². The number of amides is 1. The highest BCUT2D eigenvalue weighted by Gasteiger charge is 2.11. The molecule has 0 spiro atoms. The number of hydrogen-bond donors (Lipinski definition) is 1. The van der Waals surface area contributed by atoms with Crippen molar-refractivity contribution in [3.8, 4) is 0 Å². The van der Waals surface area contributed by atoms with Crippen LogP contribution in [0.25, 0.3) is 0 Å². The van der Waals surface area contributed by atoms with E-state index >= 15 is 0 Å². The van der Waals surface area contributed by atoms with E-state index in [-0.39, 0.29) is 5.91 Å². The molecule has 0 saturated carbocycles. The van der Waals surface area contributed by atoms with Crippen molar-refractivity contribution in [2.24, 2.45) is 0 Å². The average molecular weight is 300 g/mol. The molecule has 2 nitrogen and oxygen atoms in total. The van der Waals surface area contributed by atoms with Crippen LogP contribution in [0.4, 0.5) is 0 Å². The number of halogens is 2. The zero-order valence-electron chi connectivity index (χ0n) is 9.67. The lowest BCUT2D eigenvalue weighted by molar-refractivity contribution is 0.0951. The van der Waals surface area contributed by atoms with Gasteiger partial charge >= 0.3 is 0 Å². The highest BCUT2D eigenvalue weighted by atomic mass is 35.5. The number of hydrogen-bond acceptors (Lipinski definition) is 2. The largest absolute Gasteiger partial charge is 0.347 e. The van der Waals surface area contributed by atoms with Crippen molar-refractivity contribution < 1.29 is 4.79 Å². The number of benzene rings is 1. The molecule has 1 amide bonds. The van der Waals surface area contributed by atoms with Gasteiger partial charge in [-0.2, -0.15) is 0 Å². The third-order valence-corrected chi connectivity index (χ3v) is 4.12. The fourth-order valence-corrected chi connectivity index (χ4v) is 2.85. The molecule has 0 aliphatic rings. The van der Waals surface area contributed by atoms with Crippen molar-refractivity contribution >= 4 is 40.4 Å². The van der Waals surface area contributed by atoms with E-state index in [1.165, 1.54) is 5.56 Å². The van der Waals surface area contributed by atoms with E-state index in [1.54, 1.807) is 29.5 Å². The first-order chi connectivity index (χ1) is 8.58. The average Bonchev–Trinajstić information content (AvgIpc) is 2.72. The molecule has 1 aromatic heterocycles. The molecule has 1 heterocycles. The first-order valence-electron chi connectivity index (χ1n) is 5.34. The summed E-state index contributed by atoms with van der Waals surface area (Å²) in [7, 11) is 0. The van der Waals surface area contributed by atoms with E-state index in [2.05, 4.69) is 5.32 Å². The molecule has 0 unspecified atom stereocenters. The summed E-state index contributed by atoms with van der Waals surface area (Å²) in [5, 5.41) is 5.74. The molecule has 0 fully saturated rings. The quantitative estimate of drug-likeness (QED) is 0.900. The van der Waals surface area contributed by atoms with Gasteiger partial charge in [-0.25, -0.2) is 0 Å². The Bertz CT molecular complexity index is 580. The Morgan fingerprint density at radius 1 is 1.33 bits per heavy atom. The number of thiophene rings is 1. The summed E-state index contributed by atoms with van der Waals surface area (Å²) >= 11 is 13.4. The standard InChI is InChI=1S/C13H11Cl2NOS/c1-8-4-5-18-12(8)7-16-13(17)10-3-2-9(14)6-11(10)15/h2-6H,7H2,1H3,(H,16,17). The Balaban J connectivity index is 2.06. The third kappa shape index (κ3) is 3.05. The monoisotopic (exact) mass is 299 g/mol. The normalized spacial score (nSPS) is 10.4. The van der Waals surface area contributed by atoms with Gasteiger partial charge in [0.1, 0.15) is 0 Å². The zero-order chi connectivity index (χ0) is 13.1. The van der Waals surface area contributed by atoms with Crippen LogP contribution in [0.1, 0.15) is 20.8 Å². The Kier molecular flexibility index (Phi) is 4.27. The lowest BCUT2D eigenvalue weighted by Gasteiger charge is -2.06. The van der Waals surface area contributed by atoms with Gasteiger partial charge in [-0.15, -0.1) is 11.3 Å². The van der Waals surface area contributed by atoms with Crippen molar-refractivity contribution in [3.63, 3.8) is 0 Å². The van der Waals surface area contributed by atoms with E-state index < -0.39 is 0 Å². The summed E-state index contributed by atoms with van der Waals surface area (Å²) in [6.07, 6.45) is 0. The summed E-state index contributed by atoms with van der Waals surface area (Å²) in [5.41, 5.74) is 1.62. The molecule has 18 heavy (non-hydrogen) atoms. The summed E-state index contributed by atoms with van der Waals surface area (Å²) in [4.78, 5) is 13.1. The van der Waals surface area contributed by atoms with Crippen LogP contribution in [-0.2, 0) is 6.54 Å². The summed E-state index contributed by atoms with van der Waals surface area (Å²) in [6.45, 7) is 2.54. The minimum atomic E-state index is -0.190. The number of rotatable bonds is 3. The topological polar surface area (TPSA) is 29.1 Å².